The summed E-state index contributed by atoms with van der Waals surface area (Å²) in [7, 11) is -3.05. The molecule has 2 aromatic carbocycles. The van der Waals surface area contributed by atoms with Gasteiger partial charge in [-0.2, -0.15) is 5.10 Å². The van der Waals surface area contributed by atoms with Crippen LogP contribution < -0.4 is 9.46 Å². The highest BCUT2D eigenvalue weighted by atomic mass is 32.2. The summed E-state index contributed by atoms with van der Waals surface area (Å²) >= 11 is 0. The standard InChI is InChI=1S/C18H14F2N4O4S/c1-27-13-8-11(10-24-7-3-6-21-24)9-14-16(13)18(22-28-14)23-29(25,26)15-5-2-4-12(19)17(15)20/h2-9H,10H2,1H3,(H,22,23). The molecule has 0 unspecified atom stereocenters. The van der Waals surface area contributed by atoms with Crippen LogP contribution in [0.15, 0.2) is 58.2 Å². The van der Waals surface area contributed by atoms with Crippen LogP contribution in [-0.2, 0) is 16.6 Å². The fraction of sp³-hybridized carbons (Fsp3) is 0.111. The summed E-state index contributed by atoms with van der Waals surface area (Å²) in [6, 6.07) is 7.99. The Labute approximate surface area is 163 Å². The molecule has 0 aliphatic rings. The summed E-state index contributed by atoms with van der Waals surface area (Å²) in [6.45, 7) is 0.426. The Hall–Kier alpha value is -3.47. The molecule has 0 spiro atoms. The van der Waals surface area contributed by atoms with Gasteiger partial charge in [-0.3, -0.25) is 9.40 Å². The lowest BCUT2D eigenvalue weighted by Crippen LogP contribution is -2.15. The number of hydrogen-bond acceptors (Lipinski definition) is 6. The molecule has 4 aromatic rings. The number of methoxy groups -OCH3 is 1. The largest absolute Gasteiger partial charge is 0.496 e. The summed E-state index contributed by atoms with van der Waals surface area (Å²) in [5.74, 6) is -2.67. The van der Waals surface area contributed by atoms with Crippen molar-refractivity contribution < 1.29 is 26.5 Å². The Morgan fingerprint density at radius 1 is 1.24 bits per heavy atom. The molecule has 2 aromatic heterocycles. The Balaban J connectivity index is 1.74. The molecule has 29 heavy (non-hydrogen) atoms. The van der Waals surface area contributed by atoms with Gasteiger partial charge in [0.25, 0.3) is 10.0 Å². The van der Waals surface area contributed by atoms with Gasteiger partial charge in [0.1, 0.15) is 16.0 Å². The molecular formula is C18H14F2N4O4S. The zero-order valence-electron chi connectivity index (χ0n) is 15.0. The van der Waals surface area contributed by atoms with Gasteiger partial charge < -0.3 is 9.26 Å². The quantitative estimate of drug-likeness (QED) is 0.514. The van der Waals surface area contributed by atoms with Crippen LogP contribution in [0.1, 0.15) is 5.56 Å². The molecule has 8 nitrogen and oxygen atoms in total. The fourth-order valence-corrected chi connectivity index (χ4v) is 3.96. The van der Waals surface area contributed by atoms with Gasteiger partial charge in [-0.25, -0.2) is 17.2 Å². The second-order valence-corrected chi connectivity index (χ2v) is 7.71. The van der Waals surface area contributed by atoms with Gasteiger partial charge in [-0.05, 0) is 35.9 Å². The van der Waals surface area contributed by atoms with Crippen molar-refractivity contribution in [1.82, 2.24) is 14.9 Å². The maximum Gasteiger partial charge on any atom is 0.266 e. The second-order valence-electron chi connectivity index (χ2n) is 6.06. The number of aromatic nitrogens is 3. The van der Waals surface area contributed by atoms with Crippen LogP contribution in [0.4, 0.5) is 14.6 Å². The van der Waals surface area contributed by atoms with Crippen molar-refractivity contribution in [2.24, 2.45) is 0 Å². The number of halogens is 2. The normalized spacial score (nSPS) is 11.7. The zero-order valence-corrected chi connectivity index (χ0v) is 15.8. The van der Waals surface area contributed by atoms with Gasteiger partial charge in [0.2, 0.25) is 0 Å². The van der Waals surface area contributed by atoms with Gasteiger partial charge in [-0.15, -0.1) is 0 Å². The number of rotatable bonds is 6. The van der Waals surface area contributed by atoms with Crippen LogP contribution in [0.25, 0.3) is 11.0 Å². The van der Waals surface area contributed by atoms with Gasteiger partial charge in [-0.1, -0.05) is 11.2 Å². The minimum absolute atomic E-state index is 0.203. The molecule has 0 fully saturated rings. The Bertz CT molecular complexity index is 1290. The SMILES string of the molecule is COc1cc(Cn2cccn2)cc2onc(NS(=O)(=O)c3cccc(F)c3F)c12. The molecule has 0 saturated heterocycles. The molecule has 0 amide bonds. The van der Waals surface area contributed by atoms with Gasteiger partial charge in [0.15, 0.2) is 23.0 Å². The molecule has 0 radical (unpaired) electrons. The van der Waals surface area contributed by atoms with Crippen LogP contribution in [-0.4, -0.2) is 30.5 Å². The van der Waals surface area contributed by atoms with Crippen molar-refractivity contribution in [3.05, 3.63) is 66.0 Å². The van der Waals surface area contributed by atoms with Crippen LogP contribution >= 0.6 is 0 Å². The lowest BCUT2D eigenvalue weighted by atomic mass is 10.1. The molecule has 0 aliphatic carbocycles. The number of anilines is 1. The molecule has 0 saturated carbocycles. The van der Waals surface area contributed by atoms with Crippen LogP contribution in [0.5, 0.6) is 5.75 Å². The van der Waals surface area contributed by atoms with E-state index < -0.39 is 26.6 Å². The first-order chi connectivity index (χ1) is 13.9. The minimum atomic E-state index is -4.46. The van der Waals surface area contributed by atoms with E-state index in [4.69, 9.17) is 9.26 Å². The molecule has 0 atom stereocenters. The van der Waals surface area contributed by atoms with E-state index in [2.05, 4.69) is 15.0 Å². The van der Waals surface area contributed by atoms with Crippen molar-refractivity contribution >= 4 is 26.8 Å². The summed E-state index contributed by atoms with van der Waals surface area (Å²) < 4.78 is 66.9. The van der Waals surface area contributed by atoms with E-state index in [-0.39, 0.29) is 16.8 Å². The van der Waals surface area contributed by atoms with E-state index in [0.29, 0.717) is 12.3 Å². The topological polar surface area (TPSA) is 99.2 Å². The van der Waals surface area contributed by atoms with E-state index in [0.717, 1.165) is 23.8 Å². The number of hydrogen-bond donors (Lipinski definition) is 1. The highest BCUT2D eigenvalue weighted by Gasteiger charge is 2.25. The minimum Gasteiger partial charge on any atom is -0.496 e. The highest BCUT2D eigenvalue weighted by molar-refractivity contribution is 7.92. The average molecular weight is 420 g/mol. The van der Waals surface area contributed by atoms with Crippen molar-refractivity contribution in [2.45, 2.75) is 11.4 Å². The summed E-state index contributed by atoms with van der Waals surface area (Å²) in [5.41, 5.74) is 1.03. The van der Waals surface area contributed by atoms with Crippen molar-refractivity contribution in [2.75, 3.05) is 11.8 Å². The monoisotopic (exact) mass is 420 g/mol. The lowest BCUT2D eigenvalue weighted by molar-refractivity contribution is 0.418. The highest BCUT2D eigenvalue weighted by Crippen LogP contribution is 2.35. The van der Waals surface area contributed by atoms with Gasteiger partial charge in [0, 0.05) is 12.4 Å². The van der Waals surface area contributed by atoms with Crippen LogP contribution in [0.3, 0.4) is 0 Å². The maximum absolute atomic E-state index is 13.9. The summed E-state index contributed by atoms with van der Waals surface area (Å²) in [6.07, 6.45) is 3.42. The van der Waals surface area contributed by atoms with E-state index in [1.54, 1.807) is 35.3 Å². The fourth-order valence-electron chi connectivity index (χ4n) is 2.87. The molecule has 4 rings (SSSR count). The molecule has 0 aliphatic heterocycles. The van der Waals surface area contributed by atoms with Crippen molar-refractivity contribution in [1.29, 1.82) is 0 Å². The van der Waals surface area contributed by atoms with Crippen LogP contribution in [0, 0.1) is 11.6 Å². The number of nitrogens with zero attached hydrogens (tertiary/aromatic N) is 3. The van der Waals surface area contributed by atoms with E-state index >= 15 is 0 Å². The molecule has 11 heteroatoms. The van der Waals surface area contributed by atoms with E-state index in [1.165, 1.54) is 7.11 Å². The van der Waals surface area contributed by atoms with Crippen molar-refractivity contribution in [3.8, 4) is 5.75 Å². The number of fused-ring (bicyclic) bond motifs is 1. The molecule has 150 valence electrons. The van der Waals surface area contributed by atoms with E-state index in [1.807, 2.05) is 0 Å². The number of benzene rings is 2. The molecular weight excluding hydrogens is 406 g/mol. The zero-order chi connectivity index (χ0) is 20.6. The average Bonchev–Trinajstić information content (AvgIpc) is 3.33. The van der Waals surface area contributed by atoms with Crippen molar-refractivity contribution in [3.63, 3.8) is 0 Å². The van der Waals surface area contributed by atoms with Gasteiger partial charge >= 0.3 is 0 Å². The van der Waals surface area contributed by atoms with E-state index in [9.17, 15) is 17.2 Å². The third-order valence-electron chi connectivity index (χ3n) is 4.16. The predicted octanol–water partition coefficient (Wildman–Crippen LogP) is 3.16. The molecule has 0 bridgehead atoms. The molecule has 2 heterocycles. The summed E-state index contributed by atoms with van der Waals surface area (Å²) in [5, 5.41) is 8.09. The number of nitrogens with one attached hydrogen (secondary N) is 1. The van der Waals surface area contributed by atoms with Gasteiger partial charge in [0.05, 0.1) is 13.7 Å². The molecule has 1 N–H and O–H groups in total. The Morgan fingerprint density at radius 3 is 2.79 bits per heavy atom. The first kappa shape index (κ1) is 18.9. The third kappa shape index (κ3) is 3.51. The Kier molecular flexibility index (Phi) is 4.66. The smallest absolute Gasteiger partial charge is 0.266 e. The number of ether oxygens (including phenoxy) is 1. The first-order valence-corrected chi connectivity index (χ1v) is 9.78. The Morgan fingerprint density at radius 2 is 2.07 bits per heavy atom. The second kappa shape index (κ2) is 7.17. The van der Waals surface area contributed by atoms with Crippen LogP contribution in [0.2, 0.25) is 0 Å². The third-order valence-corrected chi connectivity index (χ3v) is 5.51. The predicted molar refractivity (Wildman–Crippen MR) is 99.1 cm³/mol. The number of sulfonamides is 1. The maximum atomic E-state index is 13.9. The summed E-state index contributed by atoms with van der Waals surface area (Å²) in [4.78, 5) is -0.845. The lowest BCUT2D eigenvalue weighted by Gasteiger charge is -2.09. The first-order valence-electron chi connectivity index (χ1n) is 8.29.